The summed E-state index contributed by atoms with van der Waals surface area (Å²) in [5, 5.41) is 20.5. The van der Waals surface area contributed by atoms with Crippen molar-refractivity contribution >= 4 is 5.78 Å². The molecule has 3 nitrogen and oxygen atoms in total. The van der Waals surface area contributed by atoms with E-state index in [1.807, 2.05) is 0 Å². The van der Waals surface area contributed by atoms with Gasteiger partial charge >= 0.3 is 0 Å². The number of carbonyl (C=O) groups is 1. The average Bonchev–Trinajstić information content (AvgIpc) is 2.78. The highest BCUT2D eigenvalue weighted by Crippen LogP contribution is 2.61. The van der Waals surface area contributed by atoms with Gasteiger partial charge in [-0.3, -0.25) is 4.79 Å². The van der Waals surface area contributed by atoms with Gasteiger partial charge in [0.2, 0.25) is 0 Å². The molecule has 0 saturated heterocycles. The molecule has 4 aliphatic rings. The van der Waals surface area contributed by atoms with Gasteiger partial charge in [0.15, 0.2) is 11.5 Å². The van der Waals surface area contributed by atoms with Crippen molar-refractivity contribution in [2.45, 2.75) is 64.4 Å². The Kier molecular flexibility index (Phi) is 3.01. The van der Waals surface area contributed by atoms with Crippen LogP contribution in [0.4, 0.5) is 0 Å². The van der Waals surface area contributed by atoms with Crippen molar-refractivity contribution in [3.63, 3.8) is 0 Å². The molecule has 0 radical (unpaired) electrons. The van der Waals surface area contributed by atoms with E-state index in [1.54, 1.807) is 0 Å². The topological polar surface area (TPSA) is 57.5 Å². The summed E-state index contributed by atoms with van der Waals surface area (Å²) in [6.45, 7) is 2.29. The third kappa shape index (κ3) is 1.79. The van der Waals surface area contributed by atoms with Gasteiger partial charge in [0.1, 0.15) is 0 Å². The van der Waals surface area contributed by atoms with Crippen LogP contribution in [-0.4, -0.2) is 22.1 Å². The number of fused-ring (bicyclic) bond motifs is 5. The van der Waals surface area contributed by atoms with Gasteiger partial charge in [-0.1, -0.05) is 6.92 Å². The summed E-state index contributed by atoms with van der Waals surface area (Å²) in [5.74, 6) is 2.46. The third-order valence-electron chi connectivity index (χ3n) is 7.40. The molecular formula is C18H26O3. The summed E-state index contributed by atoms with van der Waals surface area (Å²) in [4.78, 5) is 11.7. The van der Waals surface area contributed by atoms with E-state index in [0.717, 1.165) is 50.5 Å². The van der Waals surface area contributed by atoms with Crippen molar-refractivity contribution in [1.29, 1.82) is 0 Å². The molecule has 0 aromatic carbocycles. The molecule has 0 heterocycles. The number of aliphatic hydroxyl groups is 2. The molecule has 3 saturated carbocycles. The Morgan fingerprint density at radius 3 is 2.67 bits per heavy atom. The molecule has 0 aliphatic heterocycles. The zero-order chi connectivity index (χ0) is 14.8. The lowest BCUT2D eigenvalue weighted by molar-refractivity contribution is -0.120. The fourth-order valence-electron chi connectivity index (χ4n) is 6.24. The summed E-state index contributed by atoms with van der Waals surface area (Å²) >= 11 is 0. The number of Topliss-reactive ketones (excluding diaryl/α,β-unsaturated/α-hetero) is 1. The van der Waals surface area contributed by atoms with E-state index < -0.39 is 0 Å². The van der Waals surface area contributed by atoms with Crippen molar-refractivity contribution < 1.29 is 15.0 Å². The normalized spacial score (nSPS) is 49.6. The second kappa shape index (κ2) is 4.58. The summed E-state index contributed by atoms with van der Waals surface area (Å²) in [5.41, 5.74) is 1.18. The highest BCUT2D eigenvalue weighted by molar-refractivity contribution is 5.94. The van der Waals surface area contributed by atoms with Crippen molar-refractivity contribution in [1.82, 2.24) is 0 Å². The van der Waals surface area contributed by atoms with Gasteiger partial charge in [-0.25, -0.2) is 0 Å². The van der Waals surface area contributed by atoms with E-state index in [4.69, 9.17) is 0 Å². The van der Waals surface area contributed by atoms with Crippen LogP contribution < -0.4 is 0 Å². The number of ketones is 1. The smallest absolute Gasteiger partial charge is 0.197 e. The van der Waals surface area contributed by atoms with Gasteiger partial charge in [0.05, 0.1) is 6.10 Å². The molecule has 116 valence electrons. The first-order chi connectivity index (χ1) is 10.0. The number of hydrogen-bond acceptors (Lipinski definition) is 3. The molecule has 0 bridgehead atoms. The van der Waals surface area contributed by atoms with Gasteiger partial charge in [-0.05, 0) is 79.6 Å². The Bertz CT molecular complexity index is 509. The van der Waals surface area contributed by atoms with Gasteiger partial charge in [-0.2, -0.15) is 0 Å². The predicted molar refractivity (Wildman–Crippen MR) is 79.7 cm³/mol. The minimum absolute atomic E-state index is 0.0448. The highest BCUT2D eigenvalue weighted by Gasteiger charge is 2.56. The lowest BCUT2D eigenvalue weighted by Crippen LogP contribution is -2.47. The van der Waals surface area contributed by atoms with E-state index in [-0.39, 0.29) is 23.1 Å². The molecule has 21 heavy (non-hydrogen) atoms. The van der Waals surface area contributed by atoms with Crippen LogP contribution in [0.25, 0.3) is 0 Å². The Hall–Kier alpha value is -0.830. The molecule has 4 aliphatic carbocycles. The molecule has 3 heteroatoms. The van der Waals surface area contributed by atoms with Gasteiger partial charge in [0, 0.05) is 6.42 Å². The third-order valence-corrected chi connectivity index (χ3v) is 7.40. The Balaban J connectivity index is 1.66. The first kappa shape index (κ1) is 13.8. The minimum atomic E-state index is -0.123. The molecule has 0 amide bonds. The first-order valence-corrected chi connectivity index (χ1v) is 8.65. The Morgan fingerprint density at radius 1 is 1.05 bits per heavy atom. The van der Waals surface area contributed by atoms with Crippen LogP contribution in [0.1, 0.15) is 58.3 Å². The van der Waals surface area contributed by atoms with E-state index in [0.29, 0.717) is 30.1 Å². The maximum absolute atomic E-state index is 11.7. The second-order valence-corrected chi connectivity index (χ2v) is 8.05. The van der Waals surface area contributed by atoms with Crippen LogP contribution in [0.15, 0.2) is 11.3 Å². The molecular weight excluding hydrogens is 264 g/mol. The summed E-state index contributed by atoms with van der Waals surface area (Å²) in [6.07, 6.45) is 7.72. The Morgan fingerprint density at radius 2 is 1.86 bits per heavy atom. The van der Waals surface area contributed by atoms with E-state index in [9.17, 15) is 15.0 Å². The standard InChI is InChI=1S/C18H26O3/c1-18-9-8-11-10-4-6-15(19)17(21)13(10)3-2-12(11)14(18)5-7-16(18)20/h10-12,14,16,20-21H,2-9H2,1H3/t10?,11-,12-,14+,16+,18+/m1/s1. The number of hydrogen-bond donors (Lipinski definition) is 2. The lowest BCUT2D eigenvalue weighted by atomic mass is 9.52. The molecule has 0 aromatic heterocycles. The van der Waals surface area contributed by atoms with Gasteiger partial charge < -0.3 is 10.2 Å². The molecule has 3 fully saturated rings. The SMILES string of the molecule is C[C@]12CC[C@@H]3C4CCC(=O)C(O)=C4CC[C@H]3[C@@H]1CC[C@@H]2O. The van der Waals surface area contributed by atoms with E-state index in [2.05, 4.69) is 6.92 Å². The lowest BCUT2D eigenvalue weighted by Gasteiger charge is -2.53. The predicted octanol–water partition coefficient (Wildman–Crippen LogP) is 3.37. The zero-order valence-corrected chi connectivity index (χ0v) is 12.8. The fraction of sp³-hybridized carbons (Fsp3) is 0.833. The molecule has 1 unspecified atom stereocenters. The van der Waals surface area contributed by atoms with Crippen LogP contribution in [0, 0.1) is 29.1 Å². The van der Waals surface area contributed by atoms with Crippen molar-refractivity contribution in [3.05, 3.63) is 11.3 Å². The minimum Gasteiger partial charge on any atom is -0.504 e. The maximum atomic E-state index is 11.7. The maximum Gasteiger partial charge on any atom is 0.197 e. The molecule has 0 aromatic rings. The highest BCUT2D eigenvalue weighted by atomic mass is 16.3. The number of allylic oxidation sites excluding steroid dienone is 1. The van der Waals surface area contributed by atoms with Crippen LogP contribution in [0.2, 0.25) is 0 Å². The second-order valence-electron chi connectivity index (χ2n) is 8.05. The van der Waals surface area contributed by atoms with E-state index >= 15 is 0 Å². The Labute approximate surface area is 126 Å². The quantitative estimate of drug-likeness (QED) is 0.719. The monoisotopic (exact) mass is 290 g/mol. The molecule has 6 atom stereocenters. The van der Waals surface area contributed by atoms with Crippen LogP contribution in [0.3, 0.4) is 0 Å². The van der Waals surface area contributed by atoms with Crippen LogP contribution in [-0.2, 0) is 4.79 Å². The number of rotatable bonds is 0. The van der Waals surface area contributed by atoms with Gasteiger partial charge in [-0.15, -0.1) is 0 Å². The van der Waals surface area contributed by atoms with Crippen molar-refractivity contribution in [3.8, 4) is 0 Å². The molecule has 4 rings (SSSR count). The van der Waals surface area contributed by atoms with Crippen LogP contribution >= 0.6 is 0 Å². The number of carbonyl (C=O) groups excluding carboxylic acids is 1. The first-order valence-electron chi connectivity index (χ1n) is 8.65. The van der Waals surface area contributed by atoms with Crippen molar-refractivity contribution in [2.75, 3.05) is 0 Å². The summed E-state index contributed by atoms with van der Waals surface area (Å²) in [7, 11) is 0. The van der Waals surface area contributed by atoms with Gasteiger partial charge in [0.25, 0.3) is 0 Å². The van der Waals surface area contributed by atoms with Crippen LogP contribution in [0.5, 0.6) is 0 Å². The summed E-state index contributed by atoms with van der Waals surface area (Å²) in [6, 6.07) is 0. The molecule has 0 spiro atoms. The van der Waals surface area contributed by atoms with E-state index in [1.165, 1.54) is 0 Å². The van der Waals surface area contributed by atoms with Crippen molar-refractivity contribution in [2.24, 2.45) is 29.1 Å². The fourth-order valence-corrected chi connectivity index (χ4v) is 6.24. The zero-order valence-electron chi connectivity index (χ0n) is 12.8. The largest absolute Gasteiger partial charge is 0.504 e. The average molecular weight is 290 g/mol. The number of aliphatic hydroxyl groups excluding tert-OH is 2. The summed E-state index contributed by atoms with van der Waals surface area (Å²) < 4.78 is 0. The molecule has 2 N–H and O–H groups in total.